The van der Waals surface area contributed by atoms with E-state index in [1.165, 1.54) is 5.56 Å². The van der Waals surface area contributed by atoms with Crippen molar-refractivity contribution in [1.29, 1.82) is 0 Å². The Morgan fingerprint density at radius 2 is 2.06 bits per heavy atom. The Bertz CT molecular complexity index is 385. The van der Waals surface area contributed by atoms with E-state index in [0.717, 1.165) is 32.6 Å². The van der Waals surface area contributed by atoms with Crippen molar-refractivity contribution in [1.82, 2.24) is 5.32 Å². The molecule has 1 aliphatic heterocycles. The van der Waals surface area contributed by atoms with E-state index in [1.54, 1.807) is 0 Å². The van der Waals surface area contributed by atoms with E-state index < -0.39 is 0 Å². The van der Waals surface area contributed by atoms with Gasteiger partial charge >= 0.3 is 0 Å². The monoisotopic (exact) mass is 247 g/mol. The molecule has 1 fully saturated rings. The predicted molar refractivity (Wildman–Crippen MR) is 71.3 cm³/mol. The molecule has 0 aromatic heterocycles. The van der Waals surface area contributed by atoms with Crippen LogP contribution in [-0.4, -0.2) is 25.7 Å². The minimum absolute atomic E-state index is 0.152. The molecule has 1 aromatic carbocycles. The van der Waals surface area contributed by atoms with Crippen LogP contribution in [0.15, 0.2) is 30.3 Å². The molecule has 0 aliphatic carbocycles. The van der Waals surface area contributed by atoms with E-state index in [2.05, 4.69) is 24.4 Å². The molecule has 0 spiro atoms. The second-order valence-corrected chi connectivity index (χ2v) is 5.42. The third-order valence-electron chi connectivity index (χ3n) is 3.33. The van der Waals surface area contributed by atoms with Crippen LogP contribution in [0.4, 0.5) is 0 Å². The second kappa shape index (κ2) is 6.01. The molecule has 18 heavy (non-hydrogen) atoms. The van der Waals surface area contributed by atoms with Gasteiger partial charge < -0.3 is 10.1 Å². The van der Waals surface area contributed by atoms with E-state index in [-0.39, 0.29) is 11.3 Å². The van der Waals surface area contributed by atoms with Gasteiger partial charge in [-0.3, -0.25) is 4.79 Å². The molecule has 1 N–H and O–H groups in total. The van der Waals surface area contributed by atoms with E-state index in [1.807, 2.05) is 18.2 Å². The molecule has 2 rings (SSSR count). The van der Waals surface area contributed by atoms with E-state index >= 15 is 0 Å². The lowest BCUT2D eigenvalue weighted by Gasteiger charge is -2.38. The van der Waals surface area contributed by atoms with Gasteiger partial charge in [-0.2, -0.15) is 0 Å². The van der Waals surface area contributed by atoms with Crippen LogP contribution in [0.1, 0.15) is 25.3 Å². The first kappa shape index (κ1) is 13.1. The first-order valence-corrected chi connectivity index (χ1v) is 6.56. The molecule has 3 nitrogen and oxygen atoms in total. The molecule has 1 aromatic rings. The van der Waals surface area contributed by atoms with Crippen LogP contribution in [0.3, 0.4) is 0 Å². The topological polar surface area (TPSA) is 38.3 Å². The Morgan fingerprint density at radius 1 is 1.33 bits per heavy atom. The number of hydrogen-bond acceptors (Lipinski definition) is 2. The summed E-state index contributed by atoms with van der Waals surface area (Å²) in [6.45, 7) is 4.40. The molecule has 0 atom stereocenters. The van der Waals surface area contributed by atoms with Gasteiger partial charge in [0.1, 0.15) is 0 Å². The van der Waals surface area contributed by atoms with E-state index in [9.17, 15) is 4.79 Å². The number of carbonyl (C=O) groups is 1. The van der Waals surface area contributed by atoms with Crippen molar-refractivity contribution in [3.63, 3.8) is 0 Å². The number of nitrogens with one attached hydrogen (secondary N) is 1. The molecule has 1 aliphatic rings. The Hall–Kier alpha value is -1.35. The van der Waals surface area contributed by atoms with Gasteiger partial charge in [0.05, 0.1) is 13.2 Å². The number of rotatable bonds is 6. The Kier molecular flexibility index (Phi) is 4.37. The summed E-state index contributed by atoms with van der Waals surface area (Å²) in [4.78, 5) is 11.7. The molecule has 0 radical (unpaired) electrons. The smallest absolute Gasteiger partial charge is 0.220 e. The van der Waals surface area contributed by atoms with Crippen molar-refractivity contribution in [2.45, 2.75) is 26.2 Å². The summed E-state index contributed by atoms with van der Waals surface area (Å²) >= 11 is 0. The Labute approximate surface area is 109 Å². The molecular formula is C15H21NO2. The highest BCUT2D eigenvalue weighted by Crippen LogP contribution is 2.25. The first-order chi connectivity index (χ1) is 8.68. The summed E-state index contributed by atoms with van der Waals surface area (Å²) in [5, 5.41) is 2.99. The average molecular weight is 247 g/mol. The fourth-order valence-electron chi connectivity index (χ4n) is 2.05. The van der Waals surface area contributed by atoms with Crippen molar-refractivity contribution < 1.29 is 9.53 Å². The van der Waals surface area contributed by atoms with Gasteiger partial charge in [-0.15, -0.1) is 0 Å². The predicted octanol–water partition coefficient (Wildman–Crippen LogP) is 2.16. The van der Waals surface area contributed by atoms with Crippen molar-refractivity contribution in [2.24, 2.45) is 5.41 Å². The number of hydrogen-bond donors (Lipinski definition) is 1. The van der Waals surface area contributed by atoms with Crippen LogP contribution in [0, 0.1) is 5.41 Å². The lowest BCUT2D eigenvalue weighted by molar-refractivity contribution is -0.126. The summed E-state index contributed by atoms with van der Waals surface area (Å²) < 4.78 is 5.16. The molecule has 3 heteroatoms. The van der Waals surface area contributed by atoms with Crippen LogP contribution in [-0.2, 0) is 16.0 Å². The van der Waals surface area contributed by atoms with Gasteiger partial charge in [-0.1, -0.05) is 37.3 Å². The molecule has 1 heterocycles. The molecule has 0 saturated carbocycles. The maximum Gasteiger partial charge on any atom is 0.220 e. The van der Waals surface area contributed by atoms with E-state index in [0.29, 0.717) is 6.42 Å². The minimum Gasteiger partial charge on any atom is -0.380 e. The number of ether oxygens (including phenoxy) is 1. The highest BCUT2D eigenvalue weighted by atomic mass is 16.5. The third kappa shape index (κ3) is 3.84. The fraction of sp³-hybridized carbons (Fsp3) is 0.533. The highest BCUT2D eigenvalue weighted by molar-refractivity contribution is 5.75. The molecular weight excluding hydrogens is 226 g/mol. The molecule has 98 valence electrons. The summed E-state index contributed by atoms with van der Waals surface area (Å²) in [6.07, 6.45) is 2.48. The average Bonchev–Trinajstić information content (AvgIpc) is 2.35. The van der Waals surface area contributed by atoms with Crippen LogP contribution >= 0.6 is 0 Å². The van der Waals surface area contributed by atoms with Gasteiger partial charge in [0.25, 0.3) is 0 Å². The van der Waals surface area contributed by atoms with Crippen molar-refractivity contribution in [3.8, 4) is 0 Å². The molecule has 1 amide bonds. The Balaban J connectivity index is 1.60. The zero-order chi connectivity index (χ0) is 12.8. The van der Waals surface area contributed by atoms with Gasteiger partial charge in [0, 0.05) is 18.4 Å². The quantitative estimate of drug-likeness (QED) is 0.836. The van der Waals surface area contributed by atoms with E-state index in [4.69, 9.17) is 4.74 Å². The summed E-state index contributed by atoms with van der Waals surface area (Å²) in [6, 6.07) is 10.3. The lowest BCUT2D eigenvalue weighted by Crippen LogP contribution is -2.48. The molecule has 1 saturated heterocycles. The normalized spacial score (nSPS) is 16.9. The standard InChI is InChI=1S/C15H21NO2/c1-15(11-18-12-15)10-16-14(17)9-5-8-13-6-3-2-4-7-13/h2-4,6-7H,5,8-12H2,1H3,(H,16,17). The van der Waals surface area contributed by atoms with Gasteiger partial charge in [0.15, 0.2) is 0 Å². The molecule has 0 bridgehead atoms. The molecule has 0 unspecified atom stereocenters. The number of aryl methyl sites for hydroxylation is 1. The SMILES string of the molecule is CC1(CNC(=O)CCCc2ccccc2)COC1. The van der Waals surface area contributed by atoms with Crippen LogP contribution in [0.25, 0.3) is 0 Å². The Morgan fingerprint density at radius 3 is 2.67 bits per heavy atom. The summed E-state index contributed by atoms with van der Waals surface area (Å²) in [5.41, 5.74) is 1.46. The first-order valence-electron chi connectivity index (χ1n) is 6.56. The van der Waals surface area contributed by atoms with Gasteiger partial charge in [-0.05, 0) is 18.4 Å². The van der Waals surface area contributed by atoms with Gasteiger partial charge in [0.2, 0.25) is 5.91 Å². The zero-order valence-electron chi connectivity index (χ0n) is 10.9. The van der Waals surface area contributed by atoms with Crippen molar-refractivity contribution >= 4 is 5.91 Å². The largest absolute Gasteiger partial charge is 0.380 e. The van der Waals surface area contributed by atoms with Crippen LogP contribution < -0.4 is 5.32 Å². The van der Waals surface area contributed by atoms with Crippen molar-refractivity contribution in [2.75, 3.05) is 19.8 Å². The zero-order valence-corrected chi connectivity index (χ0v) is 10.9. The summed E-state index contributed by atoms with van der Waals surface area (Å²) in [7, 11) is 0. The number of carbonyl (C=O) groups excluding carboxylic acids is 1. The number of amides is 1. The third-order valence-corrected chi connectivity index (χ3v) is 3.33. The fourth-order valence-corrected chi connectivity index (χ4v) is 2.05. The lowest BCUT2D eigenvalue weighted by atomic mass is 9.89. The van der Waals surface area contributed by atoms with Crippen molar-refractivity contribution in [3.05, 3.63) is 35.9 Å². The highest BCUT2D eigenvalue weighted by Gasteiger charge is 2.33. The van der Waals surface area contributed by atoms with Gasteiger partial charge in [-0.25, -0.2) is 0 Å². The van der Waals surface area contributed by atoms with Crippen LogP contribution in [0.2, 0.25) is 0 Å². The summed E-state index contributed by atoms with van der Waals surface area (Å²) in [5.74, 6) is 0.152. The maximum atomic E-state index is 11.7. The maximum absolute atomic E-state index is 11.7. The number of benzene rings is 1. The van der Waals surface area contributed by atoms with Crippen LogP contribution in [0.5, 0.6) is 0 Å². The second-order valence-electron chi connectivity index (χ2n) is 5.42. The minimum atomic E-state index is 0.152.